The second kappa shape index (κ2) is 5.15. The molecule has 4 heteroatoms. The fraction of sp³-hybridized carbons (Fsp3) is 0.917. The van der Waals surface area contributed by atoms with Crippen molar-refractivity contribution in [1.29, 1.82) is 0 Å². The lowest BCUT2D eigenvalue weighted by Gasteiger charge is -2.23. The number of amides is 1. The van der Waals surface area contributed by atoms with E-state index in [2.05, 4.69) is 5.32 Å². The number of rotatable bonds is 3. The highest BCUT2D eigenvalue weighted by atomic mass is 16.3. The van der Waals surface area contributed by atoms with Crippen LogP contribution in [0.25, 0.3) is 0 Å². The summed E-state index contributed by atoms with van der Waals surface area (Å²) in [5.41, 5.74) is -0.0287. The standard InChI is InChI=1S/C12H24N2O2/c1-9(15)10-5-6-14(8-10)11(16)7-13-12(2,3)4/h9-10,13,15H,5-8H2,1-4H3. The first-order valence-corrected chi connectivity index (χ1v) is 6.00. The molecule has 1 fully saturated rings. The molecule has 0 spiro atoms. The summed E-state index contributed by atoms with van der Waals surface area (Å²) in [6.07, 6.45) is 0.604. The van der Waals surface area contributed by atoms with Crippen LogP contribution in [0.3, 0.4) is 0 Å². The minimum absolute atomic E-state index is 0.0287. The molecule has 94 valence electrons. The Morgan fingerprint density at radius 1 is 1.56 bits per heavy atom. The van der Waals surface area contributed by atoms with Gasteiger partial charge in [0.25, 0.3) is 0 Å². The maximum Gasteiger partial charge on any atom is 0.236 e. The molecule has 0 radical (unpaired) electrons. The molecular weight excluding hydrogens is 204 g/mol. The molecule has 1 saturated heterocycles. The van der Waals surface area contributed by atoms with Crippen LogP contribution in [0.5, 0.6) is 0 Å². The van der Waals surface area contributed by atoms with Crippen LogP contribution in [0.1, 0.15) is 34.1 Å². The summed E-state index contributed by atoms with van der Waals surface area (Å²) >= 11 is 0. The van der Waals surface area contributed by atoms with Gasteiger partial charge in [0.2, 0.25) is 5.91 Å². The van der Waals surface area contributed by atoms with Crippen LogP contribution in [0, 0.1) is 5.92 Å². The number of nitrogens with one attached hydrogen (secondary N) is 1. The quantitative estimate of drug-likeness (QED) is 0.744. The minimum atomic E-state index is -0.312. The van der Waals surface area contributed by atoms with Gasteiger partial charge in [-0.2, -0.15) is 0 Å². The molecule has 1 aliphatic heterocycles. The van der Waals surface area contributed by atoms with Gasteiger partial charge in [-0.05, 0) is 34.1 Å². The third-order valence-corrected chi connectivity index (χ3v) is 3.03. The van der Waals surface area contributed by atoms with E-state index < -0.39 is 0 Å². The molecule has 0 aliphatic carbocycles. The Morgan fingerprint density at radius 2 is 2.19 bits per heavy atom. The number of aliphatic hydroxyl groups excluding tert-OH is 1. The summed E-state index contributed by atoms with van der Waals surface area (Å²) in [4.78, 5) is 13.7. The van der Waals surface area contributed by atoms with Gasteiger partial charge in [0.15, 0.2) is 0 Å². The van der Waals surface area contributed by atoms with E-state index in [1.807, 2.05) is 25.7 Å². The van der Waals surface area contributed by atoms with Crippen molar-refractivity contribution in [2.24, 2.45) is 5.92 Å². The molecule has 0 aromatic heterocycles. The second-order valence-corrected chi connectivity index (χ2v) is 5.73. The molecule has 2 unspecified atom stereocenters. The first-order chi connectivity index (χ1) is 7.29. The molecule has 1 rings (SSSR count). The SMILES string of the molecule is CC(O)C1CCN(C(=O)CNC(C)(C)C)C1. The predicted octanol–water partition coefficient (Wildman–Crippen LogP) is 0.604. The van der Waals surface area contributed by atoms with Gasteiger partial charge < -0.3 is 15.3 Å². The predicted molar refractivity (Wildman–Crippen MR) is 64.1 cm³/mol. The highest BCUT2D eigenvalue weighted by Gasteiger charge is 2.29. The van der Waals surface area contributed by atoms with Gasteiger partial charge in [0, 0.05) is 24.5 Å². The van der Waals surface area contributed by atoms with E-state index in [-0.39, 0.29) is 23.5 Å². The van der Waals surface area contributed by atoms with Crippen molar-refractivity contribution in [3.05, 3.63) is 0 Å². The van der Waals surface area contributed by atoms with Gasteiger partial charge in [-0.25, -0.2) is 0 Å². The number of hydrogen-bond acceptors (Lipinski definition) is 3. The van der Waals surface area contributed by atoms with E-state index in [1.54, 1.807) is 6.92 Å². The molecule has 1 heterocycles. The number of hydrogen-bond donors (Lipinski definition) is 2. The molecule has 2 atom stereocenters. The van der Waals surface area contributed by atoms with Crippen LogP contribution in [0.15, 0.2) is 0 Å². The van der Waals surface area contributed by atoms with Crippen LogP contribution in [-0.2, 0) is 4.79 Å². The monoisotopic (exact) mass is 228 g/mol. The van der Waals surface area contributed by atoms with E-state index in [1.165, 1.54) is 0 Å². The Labute approximate surface area is 98.0 Å². The maximum absolute atomic E-state index is 11.8. The zero-order valence-corrected chi connectivity index (χ0v) is 10.8. The van der Waals surface area contributed by atoms with Gasteiger partial charge in [0.05, 0.1) is 12.6 Å². The number of carbonyl (C=O) groups is 1. The minimum Gasteiger partial charge on any atom is -0.393 e. The summed E-state index contributed by atoms with van der Waals surface area (Å²) in [5, 5.41) is 12.6. The van der Waals surface area contributed by atoms with Crippen molar-refractivity contribution in [3.63, 3.8) is 0 Å². The highest BCUT2D eigenvalue weighted by molar-refractivity contribution is 5.78. The van der Waals surface area contributed by atoms with E-state index >= 15 is 0 Å². The van der Waals surface area contributed by atoms with E-state index in [0.29, 0.717) is 13.1 Å². The van der Waals surface area contributed by atoms with Crippen LogP contribution in [-0.4, -0.2) is 47.2 Å². The molecule has 0 saturated carbocycles. The summed E-state index contributed by atoms with van der Waals surface area (Å²) in [6, 6.07) is 0. The third kappa shape index (κ3) is 4.10. The van der Waals surface area contributed by atoms with Gasteiger partial charge in [-0.15, -0.1) is 0 Å². The average molecular weight is 228 g/mol. The number of nitrogens with zero attached hydrogens (tertiary/aromatic N) is 1. The van der Waals surface area contributed by atoms with Crippen molar-refractivity contribution in [2.45, 2.75) is 45.8 Å². The molecule has 1 amide bonds. The van der Waals surface area contributed by atoms with Crippen molar-refractivity contribution in [3.8, 4) is 0 Å². The lowest BCUT2D eigenvalue weighted by molar-refractivity contribution is -0.129. The van der Waals surface area contributed by atoms with Crippen molar-refractivity contribution in [2.75, 3.05) is 19.6 Å². The van der Waals surface area contributed by atoms with E-state index in [9.17, 15) is 9.90 Å². The lowest BCUT2D eigenvalue weighted by Crippen LogP contribution is -2.44. The first kappa shape index (κ1) is 13.5. The summed E-state index contributed by atoms with van der Waals surface area (Å²) < 4.78 is 0. The maximum atomic E-state index is 11.8. The summed E-state index contributed by atoms with van der Waals surface area (Å²) in [6.45, 7) is 9.79. The van der Waals surface area contributed by atoms with Gasteiger partial charge >= 0.3 is 0 Å². The lowest BCUT2D eigenvalue weighted by atomic mass is 10.0. The number of likely N-dealkylation sites (tertiary alicyclic amines) is 1. The molecule has 4 nitrogen and oxygen atoms in total. The number of aliphatic hydroxyl groups is 1. The van der Waals surface area contributed by atoms with Crippen molar-refractivity contribution in [1.82, 2.24) is 10.2 Å². The zero-order valence-electron chi connectivity index (χ0n) is 10.8. The van der Waals surface area contributed by atoms with E-state index in [4.69, 9.17) is 0 Å². The third-order valence-electron chi connectivity index (χ3n) is 3.03. The zero-order chi connectivity index (χ0) is 12.3. The van der Waals surface area contributed by atoms with Crippen LogP contribution in [0.4, 0.5) is 0 Å². The largest absolute Gasteiger partial charge is 0.393 e. The van der Waals surface area contributed by atoms with Crippen LogP contribution < -0.4 is 5.32 Å². The Morgan fingerprint density at radius 3 is 2.62 bits per heavy atom. The Bertz CT molecular complexity index is 246. The molecular formula is C12H24N2O2. The van der Waals surface area contributed by atoms with Crippen molar-refractivity contribution < 1.29 is 9.90 Å². The topological polar surface area (TPSA) is 52.6 Å². The van der Waals surface area contributed by atoms with Crippen LogP contribution in [0.2, 0.25) is 0 Å². The molecule has 1 aliphatic rings. The Kier molecular flexibility index (Phi) is 4.33. The molecule has 16 heavy (non-hydrogen) atoms. The summed E-state index contributed by atoms with van der Waals surface area (Å²) in [7, 11) is 0. The fourth-order valence-corrected chi connectivity index (χ4v) is 1.86. The van der Waals surface area contributed by atoms with Gasteiger partial charge in [-0.3, -0.25) is 4.79 Å². The first-order valence-electron chi connectivity index (χ1n) is 6.00. The Hall–Kier alpha value is -0.610. The summed E-state index contributed by atoms with van der Waals surface area (Å²) in [5.74, 6) is 0.386. The fourth-order valence-electron chi connectivity index (χ4n) is 1.86. The van der Waals surface area contributed by atoms with Crippen molar-refractivity contribution >= 4 is 5.91 Å². The molecule has 0 aromatic carbocycles. The number of carbonyl (C=O) groups excluding carboxylic acids is 1. The van der Waals surface area contributed by atoms with Gasteiger partial charge in [0.1, 0.15) is 0 Å². The molecule has 0 bridgehead atoms. The van der Waals surface area contributed by atoms with Gasteiger partial charge in [-0.1, -0.05) is 0 Å². The second-order valence-electron chi connectivity index (χ2n) is 5.73. The smallest absolute Gasteiger partial charge is 0.236 e. The highest BCUT2D eigenvalue weighted by Crippen LogP contribution is 2.19. The normalized spacial score (nSPS) is 23.6. The molecule has 0 aromatic rings. The van der Waals surface area contributed by atoms with E-state index in [0.717, 1.165) is 13.0 Å². The molecule has 2 N–H and O–H groups in total. The average Bonchev–Trinajstić information content (AvgIpc) is 2.61. The Balaban J connectivity index is 2.34. The van der Waals surface area contributed by atoms with Crippen LogP contribution >= 0.6 is 0 Å².